The molecule has 2 aliphatic rings. The third-order valence-corrected chi connectivity index (χ3v) is 4.01. The highest BCUT2D eigenvalue weighted by Crippen LogP contribution is 2.38. The molecule has 1 saturated carbocycles. The number of fused-ring (bicyclic) bond motifs is 1. The van der Waals surface area contributed by atoms with Gasteiger partial charge in [0.1, 0.15) is 0 Å². The molecular weight excluding hydrogens is 170 g/mol. The van der Waals surface area contributed by atoms with E-state index in [1.165, 1.54) is 45.1 Å². The van der Waals surface area contributed by atoms with E-state index in [1.54, 1.807) is 0 Å². The lowest BCUT2D eigenvalue weighted by Crippen LogP contribution is -2.30. The third kappa shape index (κ3) is 2.50. The summed E-state index contributed by atoms with van der Waals surface area (Å²) in [4.78, 5) is 0. The molecule has 0 aromatic carbocycles. The number of hydrogen-bond acceptors (Lipinski definition) is 1. The van der Waals surface area contributed by atoms with Crippen molar-refractivity contribution in [3.05, 3.63) is 0 Å². The van der Waals surface area contributed by atoms with Crippen LogP contribution in [-0.2, 0) is 0 Å². The quantitative estimate of drug-likeness (QED) is 0.713. The fraction of sp³-hybridized carbons (Fsp3) is 1.00. The predicted octanol–water partition coefficient (Wildman–Crippen LogP) is 3.20. The molecule has 0 aromatic rings. The number of nitrogens with one attached hydrogen (secondary N) is 1. The van der Waals surface area contributed by atoms with E-state index in [0.29, 0.717) is 0 Å². The first-order valence-electron chi connectivity index (χ1n) is 6.49. The van der Waals surface area contributed by atoms with E-state index in [-0.39, 0.29) is 0 Å². The van der Waals surface area contributed by atoms with E-state index in [4.69, 9.17) is 0 Å². The molecule has 1 heteroatoms. The highest BCUT2D eigenvalue weighted by atomic mass is 14.9. The maximum absolute atomic E-state index is 3.75. The van der Waals surface area contributed by atoms with Gasteiger partial charge in [0, 0.05) is 6.04 Å². The Morgan fingerprint density at radius 1 is 1.21 bits per heavy atom. The standard InChI is InChI=1S/C13H25N/c1-10(2)7-11-8-12-5-3-4-6-14-13(12)9-11/h10-14H,3-9H2,1-2H3. The minimum atomic E-state index is 0.876. The first-order valence-corrected chi connectivity index (χ1v) is 6.49. The van der Waals surface area contributed by atoms with Crippen molar-refractivity contribution >= 4 is 0 Å². The molecule has 0 amide bonds. The normalized spacial score (nSPS) is 38.4. The minimum absolute atomic E-state index is 0.876. The van der Waals surface area contributed by atoms with Crippen LogP contribution in [0.2, 0.25) is 0 Å². The van der Waals surface area contributed by atoms with Crippen LogP contribution in [-0.4, -0.2) is 12.6 Å². The Hall–Kier alpha value is -0.0400. The molecule has 1 heterocycles. The van der Waals surface area contributed by atoms with Crippen LogP contribution in [0.15, 0.2) is 0 Å². The van der Waals surface area contributed by atoms with Gasteiger partial charge in [-0.1, -0.05) is 20.3 Å². The van der Waals surface area contributed by atoms with Crippen molar-refractivity contribution in [1.82, 2.24) is 5.32 Å². The monoisotopic (exact) mass is 195 g/mol. The SMILES string of the molecule is CC(C)CC1CC2CCCCNC2C1. The molecule has 0 radical (unpaired) electrons. The van der Waals surface area contributed by atoms with Crippen LogP contribution in [0.3, 0.4) is 0 Å². The Bertz CT molecular complexity index is 162. The largest absolute Gasteiger partial charge is 0.314 e. The summed E-state index contributed by atoms with van der Waals surface area (Å²) >= 11 is 0. The van der Waals surface area contributed by atoms with E-state index in [9.17, 15) is 0 Å². The summed E-state index contributed by atoms with van der Waals surface area (Å²) in [5.74, 6) is 2.93. The molecular formula is C13H25N. The average molecular weight is 195 g/mol. The zero-order valence-electron chi connectivity index (χ0n) is 9.76. The minimum Gasteiger partial charge on any atom is -0.314 e. The molecule has 1 N–H and O–H groups in total. The average Bonchev–Trinajstić information content (AvgIpc) is 2.34. The highest BCUT2D eigenvalue weighted by molar-refractivity contribution is 4.90. The lowest BCUT2D eigenvalue weighted by Gasteiger charge is -2.15. The van der Waals surface area contributed by atoms with Crippen LogP contribution in [0.1, 0.15) is 52.4 Å². The number of rotatable bonds is 2. The van der Waals surface area contributed by atoms with E-state index < -0.39 is 0 Å². The molecule has 2 rings (SSSR count). The molecule has 0 spiro atoms. The third-order valence-electron chi connectivity index (χ3n) is 4.01. The summed E-state index contributed by atoms with van der Waals surface area (Å²) in [6, 6.07) is 0.876. The Morgan fingerprint density at radius 3 is 2.86 bits per heavy atom. The van der Waals surface area contributed by atoms with Gasteiger partial charge < -0.3 is 5.32 Å². The first-order chi connectivity index (χ1) is 6.75. The van der Waals surface area contributed by atoms with Gasteiger partial charge in [0.2, 0.25) is 0 Å². The zero-order chi connectivity index (χ0) is 9.97. The van der Waals surface area contributed by atoms with Crippen molar-refractivity contribution in [2.45, 2.75) is 58.4 Å². The predicted molar refractivity (Wildman–Crippen MR) is 61.3 cm³/mol. The topological polar surface area (TPSA) is 12.0 Å². The van der Waals surface area contributed by atoms with Crippen LogP contribution in [0.25, 0.3) is 0 Å². The summed E-state index contributed by atoms with van der Waals surface area (Å²) in [7, 11) is 0. The molecule has 1 nitrogen and oxygen atoms in total. The van der Waals surface area contributed by atoms with Gasteiger partial charge in [-0.3, -0.25) is 0 Å². The summed E-state index contributed by atoms with van der Waals surface area (Å²) in [6.07, 6.45) is 8.78. The maximum Gasteiger partial charge on any atom is 0.00980 e. The first kappa shape index (κ1) is 10.5. The van der Waals surface area contributed by atoms with E-state index in [1.807, 2.05) is 0 Å². The van der Waals surface area contributed by atoms with Gasteiger partial charge in [0.05, 0.1) is 0 Å². The van der Waals surface area contributed by atoms with E-state index >= 15 is 0 Å². The van der Waals surface area contributed by atoms with Crippen LogP contribution in [0.5, 0.6) is 0 Å². The Kier molecular flexibility index (Phi) is 3.48. The van der Waals surface area contributed by atoms with Crippen molar-refractivity contribution in [1.29, 1.82) is 0 Å². The zero-order valence-corrected chi connectivity index (χ0v) is 9.76. The molecule has 1 aliphatic heterocycles. The van der Waals surface area contributed by atoms with Crippen LogP contribution in [0.4, 0.5) is 0 Å². The second-order valence-electron chi connectivity index (χ2n) is 5.78. The van der Waals surface area contributed by atoms with Crippen molar-refractivity contribution in [2.24, 2.45) is 17.8 Å². The van der Waals surface area contributed by atoms with Gasteiger partial charge in [-0.15, -0.1) is 0 Å². The second-order valence-corrected chi connectivity index (χ2v) is 5.78. The molecule has 0 aromatic heterocycles. The summed E-state index contributed by atoms with van der Waals surface area (Å²) in [5, 5.41) is 3.75. The molecule has 14 heavy (non-hydrogen) atoms. The second kappa shape index (κ2) is 4.65. The van der Waals surface area contributed by atoms with E-state index in [2.05, 4.69) is 19.2 Å². The molecule has 2 fully saturated rings. The van der Waals surface area contributed by atoms with Gasteiger partial charge in [-0.05, 0) is 56.4 Å². The van der Waals surface area contributed by atoms with E-state index in [0.717, 1.165) is 23.8 Å². The van der Waals surface area contributed by atoms with Crippen molar-refractivity contribution in [3.8, 4) is 0 Å². The van der Waals surface area contributed by atoms with Crippen molar-refractivity contribution < 1.29 is 0 Å². The fourth-order valence-corrected chi connectivity index (χ4v) is 3.49. The van der Waals surface area contributed by atoms with Crippen LogP contribution < -0.4 is 5.32 Å². The van der Waals surface area contributed by atoms with Gasteiger partial charge in [0.15, 0.2) is 0 Å². The van der Waals surface area contributed by atoms with Gasteiger partial charge >= 0.3 is 0 Å². The molecule has 1 saturated heterocycles. The lowest BCUT2D eigenvalue weighted by atomic mass is 9.93. The van der Waals surface area contributed by atoms with Crippen LogP contribution in [0, 0.1) is 17.8 Å². The van der Waals surface area contributed by atoms with Gasteiger partial charge in [0.25, 0.3) is 0 Å². The smallest absolute Gasteiger partial charge is 0.00980 e. The highest BCUT2D eigenvalue weighted by Gasteiger charge is 2.34. The Morgan fingerprint density at radius 2 is 2.07 bits per heavy atom. The van der Waals surface area contributed by atoms with Crippen molar-refractivity contribution in [2.75, 3.05) is 6.54 Å². The van der Waals surface area contributed by atoms with Gasteiger partial charge in [-0.2, -0.15) is 0 Å². The number of hydrogen-bond donors (Lipinski definition) is 1. The summed E-state index contributed by atoms with van der Waals surface area (Å²) in [6.45, 7) is 6.00. The maximum atomic E-state index is 3.75. The molecule has 0 bridgehead atoms. The Labute approximate surface area is 88.7 Å². The molecule has 3 unspecified atom stereocenters. The fourth-order valence-electron chi connectivity index (χ4n) is 3.49. The molecule has 1 aliphatic carbocycles. The van der Waals surface area contributed by atoms with Crippen LogP contribution >= 0.6 is 0 Å². The summed E-state index contributed by atoms with van der Waals surface area (Å²) in [5.41, 5.74) is 0. The molecule has 3 atom stereocenters. The van der Waals surface area contributed by atoms with Gasteiger partial charge in [-0.25, -0.2) is 0 Å². The van der Waals surface area contributed by atoms with Crippen molar-refractivity contribution in [3.63, 3.8) is 0 Å². The lowest BCUT2D eigenvalue weighted by molar-refractivity contribution is 0.392. The molecule has 82 valence electrons. The summed E-state index contributed by atoms with van der Waals surface area (Å²) < 4.78 is 0. The Balaban J connectivity index is 1.85.